The molecule has 2 heteroatoms. The van der Waals surface area contributed by atoms with Crippen LogP contribution >= 0.6 is 0 Å². The lowest BCUT2D eigenvalue weighted by Gasteiger charge is -2.33. The summed E-state index contributed by atoms with van der Waals surface area (Å²) >= 11 is 0. The van der Waals surface area contributed by atoms with Crippen molar-refractivity contribution in [3.63, 3.8) is 0 Å². The molecule has 0 spiro atoms. The van der Waals surface area contributed by atoms with E-state index in [4.69, 9.17) is 5.26 Å². The van der Waals surface area contributed by atoms with Crippen LogP contribution in [0.15, 0.2) is 0 Å². The van der Waals surface area contributed by atoms with Crippen LogP contribution in [0.1, 0.15) is 34.1 Å². The summed E-state index contributed by atoms with van der Waals surface area (Å²) in [6, 6.07) is 1.98. The molecule has 64 valence electrons. The van der Waals surface area contributed by atoms with E-state index in [9.17, 15) is 5.11 Å². The van der Waals surface area contributed by atoms with Crippen LogP contribution in [0.25, 0.3) is 0 Å². The van der Waals surface area contributed by atoms with Crippen molar-refractivity contribution in [1.29, 1.82) is 5.26 Å². The first-order chi connectivity index (χ1) is 4.92. The van der Waals surface area contributed by atoms with E-state index < -0.39 is 6.10 Å². The van der Waals surface area contributed by atoms with E-state index in [2.05, 4.69) is 13.8 Å². The number of aliphatic hydroxyl groups excluding tert-OH is 1. The summed E-state index contributed by atoms with van der Waals surface area (Å²) in [4.78, 5) is 0. The molecule has 0 aromatic heterocycles. The zero-order valence-electron chi connectivity index (χ0n) is 7.76. The smallest absolute Gasteiger partial charge is 0.0723 e. The molecule has 0 radical (unpaired) electrons. The van der Waals surface area contributed by atoms with E-state index in [1.165, 1.54) is 0 Å². The summed E-state index contributed by atoms with van der Waals surface area (Å²) in [5.41, 5.74) is -0.157. The van der Waals surface area contributed by atoms with Crippen molar-refractivity contribution in [3.8, 4) is 6.07 Å². The summed E-state index contributed by atoms with van der Waals surface area (Å²) in [5.74, 6) is 0.394. The van der Waals surface area contributed by atoms with Gasteiger partial charge >= 0.3 is 0 Å². The monoisotopic (exact) mass is 155 g/mol. The van der Waals surface area contributed by atoms with Crippen molar-refractivity contribution in [2.24, 2.45) is 11.3 Å². The van der Waals surface area contributed by atoms with Crippen molar-refractivity contribution in [2.75, 3.05) is 0 Å². The quantitative estimate of drug-likeness (QED) is 0.677. The van der Waals surface area contributed by atoms with Crippen LogP contribution in [-0.4, -0.2) is 11.2 Å². The number of nitriles is 1. The normalized spacial score (nSPS) is 14.6. The molecule has 0 aromatic carbocycles. The standard InChI is InChI=1S/C9H17NO/c1-7(2)9(3,4)8(11)5-6-10/h7-8,11H,5H2,1-4H3. The summed E-state index contributed by atoms with van der Waals surface area (Å²) < 4.78 is 0. The van der Waals surface area contributed by atoms with Gasteiger partial charge in [0.1, 0.15) is 0 Å². The van der Waals surface area contributed by atoms with Gasteiger partial charge in [-0.3, -0.25) is 0 Å². The largest absolute Gasteiger partial charge is 0.391 e. The van der Waals surface area contributed by atoms with Gasteiger partial charge in [0.05, 0.1) is 18.6 Å². The minimum absolute atomic E-state index is 0.157. The van der Waals surface area contributed by atoms with Gasteiger partial charge in [-0.1, -0.05) is 27.7 Å². The second-order valence-corrected chi connectivity index (χ2v) is 3.85. The van der Waals surface area contributed by atoms with Gasteiger partial charge in [0.25, 0.3) is 0 Å². The van der Waals surface area contributed by atoms with E-state index in [1.807, 2.05) is 19.9 Å². The molecular formula is C9H17NO. The summed E-state index contributed by atoms with van der Waals surface area (Å²) in [5, 5.41) is 17.9. The molecule has 0 heterocycles. The molecule has 0 bridgehead atoms. The van der Waals surface area contributed by atoms with Crippen molar-refractivity contribution in [1.82, 2.24) is 0 Å². The zero-order chi connectivity index (χ0) is 9.07. The SMILES string of the molecule is CC(C)C(C)(C)C(O)CC#N. The molecule has 0 aromatic rings. The highest BCUT2D eigenvalue weighted by atomic mass is 16.3. The van der Waals surface area contributed by atoms with Gasteiger partial charge in [-0.25, -0.2) is 0 Å². The molecule has 1 unspecified atom stereocenters. The Morgan fingerprint density at radius 3 is 2.18 bits per heavy atom. The van der Waals surface area contributed by atoms with Crippen LogP contribution in [0, 0.1) is 22.7 Å². The lowest BCUT2D eigenvalue weighted by molar-refractivity contribution is 0.0210. The van der Waals surface area contributed by atoms with Crippen LogP contribution in [0.5, 0.6) is 0 Å². The van der Waals surface area contributed by atoms with Gasteiger partial charge in [0.15, 0.2) is 0 Å². The lowest BCUT2D eigenvalue weighted by Crippen LogP contribution is -2.33. The Morgan fingerprint density at radius 2 is 1.91 bits per heavy atom. The van der Waals surface area contributed by atoms with Crippen molar-refractivity contribution in [3.05, 3.63) is 0 Å². The molecule has 0 amide bonds. The highest BCUT2D eigenvalue weighted by Gasteiger charge is 2.30. The number of nitrogens with zero attached hydrogens (tertiary/aromatic N) is 1. The summed E-state index contributed by atoms with van der Waals surface area (Å²) in [7, 11) is 0. The zero-order valence-corrected chi connectivity index (χ0v) is 7.76. The number of aliphatic hydroxyl groups is 1. The average Bonchev–Trinajstić information content (AvgIpc) is 1.88. The maximum Gasteiger partial charge on any atom is 0.0723 e. The molecule has 0 saturated carbocycles. The minimum atomic E-state index is -0.507. The number of hydrogen-bond donors (Lipinski definition) is 1. The van der Waals surface area contributed by atoms with Gasteiger partial charge in [0.2, 0.25) is 0 Å². The van der Waals surface area contributed by atoms with Gasteiger partial charge in [0, 0.05) is 0 Å². The van der Waals surface area contributed by atoms with Gasteiger partial charge in [-0.05, 0) is 11.3 Å². The Kier molecular flexibility index (Phi) is 3.54. The third kappa shape index (κ3) is 2.51. The summed E-state index contributed by atoms with van der Waals surface area (Å²) in [6.45, 7) is 8.08. The first-order valence-electron chi connectivity index (χ1n) is 3.98. The Balaban J connectivity index is 4.19. The van der Waals surface area contributed by atoms with E-state index in [1.54, 1.807) is 0 Å². The third-order valence-corrected chi connectivity index (χ3v) is 2.63. The van der Waals surface area contributed by atoms with Gasteiger partial charge in [-0.15, -0.1) is 0 Å². The van der Waals surface area contributed by atoms with Crippen molar-refractivity contribution < 1.29 is 5.11 Å². The number of rotatable bonds is 3. The Bertz CT molecular complexity index is 155. The highest BCUT2D eigenvalue weighted by Crippen LogP contribution is 2.31. The van der Waals surface area contributed by atoms with Crippen LogP contribution in [0.4, 0.5) is 0 Å². The third-order valence-electron chi connectivity index (χ3n) is 2.63. The minimum Gasteiger partial charge on any atom is -0.391 e. The fraction of sp³-hybridized carbons (Fsp3) is 0.889. The van der Waals surface area contributed by atoms with E-state index in [0.717, 1.165) is 0 Å². The second-order valence-electron chi connectivity index (χ2n) is 3.85. The predicted molar refractivity (Wildman–Crippen MR) is 44.9 cm³/mol. The molecule has 0 saturated heterocycles. The average molecular weight is 155 g/mol. The van der Waals surface area contributed by atoms with Crippen LogP contribution in [0.2, 0.25) is 0 Å². The highest BCUT2D eigenvalue weighted by molar-refractivity contribution is 4.87. The van der Waals surface area contributed by atoms with Gasteiger partial charge in [-0.2, -0.15) is 5.26 Å². The second kappa shape index (κ2) is 3.73. The first kappa shape index (κ1) is 10.4. The fourth-order valence-corrected chi connectivity index (χ4v) is 0.734. The first-order valence-corrected chi connectivity index (χ1v) is 3.98. The molecule has 0 aliphatic carbocycles. The lowest BCUT2D eigenvalue weighted by atomic mass is 9.75. The van der Waals surface area contributed by atoms with Crippen molar-refractivity contribution in [2.45, 2.75) is 40.2 Å². The molecule has 0 rings (SSSR count). The van der Waals surface area contributed by atoms with E-state index >= 15 is 0 Å². The summed E-state index contributed by atoms with van der Waals surface area (Å²) in [6.07, 6.45) is -0.280. The molecule has 0 aliphatic heterocycles. The molecular weight excluding hydrogens is 138 g/mol. The Morgan fingerprint density at radius 1 is 1.45 bits per heavy atom. The topological polar surface area (TPSA) is 44.0 Å². The van der Waals surface area contributed by atoms with Gasteiger partial charge < -0.3 is 5.11 Å². The molecule has 0 fully saturated rings. The Labute approximate surface area is 68.8 Å². The van der Waals surface area contributed by atoms with Crippen LogP contribution in [-0.2, 0) is 0 Å². The maximum absolute atomic E-state index is 9.52. The van der Waals surface area contributed by atoms with Crippen LogP contribution < -0.4 is 0 Å². The predicted octanol–water partition coefficient (Wildman–Crippen LogP) is 1.94. The van der Waals surface area contributed by atoms with E-state index in [-0.39, 0.29) is 11.8 Å². The van der Waals surface area contributed by atoms with E-state index in [0.29, 0.717) is 5.92 Å². The molecule has 11 heavy (non-hydrogen) atoms. The van der Waals surface area contributed by atoms with Crippen molar-refractivity contribution >= 4 is 0 Å². The fourth-order valence-electron chi connectivity index (χ4n) is 0.734. The molecule has 1 N–H and O–H groups in total. The molecule has 0 aliphatic rings. The maximum atomic E-state index is 9.52. The Hall–Kier alpha value is -0.550. The van der Waals surface area contributed by atoms with Crippen LogP contribution in [0.3, 0.4) is 0 Å². The molecule has 1 atom stereocenters. The number of hydrogen-bond acceptors (Lipinski definition) is 2. The molecule has 2 nitrogen and oxygen atoms in total.